The van der Waals surface area contributed by atoms with Crippen molar-refractivity contribution in [2.24, 2.45) is 0 Å². The maximum absolute atomic E-state index is 13.8. The van der Waals surface area contributed by atoms with Crippen LogP contribution in [-0.4, -0.2) is 18.2 Å². The summed E-state index contributed by atoms with van der Waals surface area (Å²) in [7, 11) is 1.27. The Morgan fingerprint density at radius 1 is 1.50 bits per heavy atom. The molecule has 2 rings (SSSR count). The van der Waals surface area contributed by atoms with E-state index in [1.165, 1.54) is 19.4 Å². The number of esters is 1. The van der Waals surface area contributed by atoms with Crippen LogP contribution in [0.25, 0.3) is 11.1 Å². The SMILES string of the molecule is COC(=O)Cc1ccc(-c2conc2C)cc1F. The van der Waals surface area contributed by atoms with Crippen LogP contribution in [-0.2, 0) is 16.0 Å². The Hall–Kier alpha value is -2.17. The van der Waals surface area contributed by atoms with E-state index < -0.39 is 11.8 Å². The Morgan fingerprint density at radius 3 is 2.83 bits per heavy atom. The van der Waals surface area contributed by atoms with E-state index in [1.54, 1.807) is 19.1 Å². The second-order valence-electron chi connectivity index (χ2n) is 3.87. The summed E-state index contributed by atoms with van der Waals surface area (Å²) in [6, 6.07) is 4.65. The zero-order valence-electron chi connectivity index (χ0n) is 10.1. The molecule has 0 saturated heterocycles. The number of carbonyl (C=O) groups excluding carboxylic acids is 1. The summed E-state index contributed by atoms with van der Waals surface area (Å²) in [5, 5.41) is 3.74. The number of carbonyl (C=O) groups is 1. The third-order valence-electron chi connectivity index (χ3n) is 2.68. The van der Waals surface area contributed by atoms with Crippen molar-refractivity contribution >= 4 is 5.97 Å². The van der Waals surface area contributed by atoms with Gasteiger partial charge in [-0.3, -0.25) is 4.79 Å². The molecule has 0 aliphatic heterocycles. The monoisotopic (exact) mass is 249 g/mol. The van der Waals surface area contributed by atoms with Gasteiger partial charge < -0.3 is 9.26 Å². The van der Waals surface area contributed by atoms with Gasteiger partial charge in [0.1, 0.15) is 12.1 Å². The highest BCUT2D eigenvalue weighted by molar-refractivity contribution is 5.73. The summed E-state index contributed by atoms with van der Waals surface area (Å²) in [4.78, 5) is 11.1. The lowest BCUT2D eigenvalue weighted by Crippen LogP contribution is -2.06. The average Bonchev–Trinajstić information content (AvgIpc) is 2.78. The van der Waals surface area contributed by atoms with Gasteiger partial charge in [-0.2, -0.15) is 0 Å². The molecule has 0 amide bonds. The Balaban J connectivity index is 2.31. The van der Waals surface area contributed by atoms with Gasteiger partial charge in [-0.25, -0.2) is 4.39 Å². The molecule has 0 atom stereocenters. The molecule has 0 fully saturated rings. The maximum atomic E-state index is 13.8. The van der Waals surface area contributed by atoms with Gasteiger partial charge >= 0.3 is 5.97 Å². The van der Waals surface area contributed by atoms with E-state index in [-0.39, 0.29) is 6.42 Å². The molecule has 4 nitrogen and oxygen atoms in total. The number of hydrogen-bond donors (Lipinski definition) is 0. The van der Waals surface area contributed by atoms with Gasteiger partial charge in [-0.15, -0.1) is 0 Å². The summed E-state index contributed by atoms with van der Waals surface area (Å²) in [5.74, 6) is -0.915. The van der Waals surface area contributed by atoms with E-state index in [1.807, 2.05) is 0 Å². The van der Waals surface area contributed by atoms with E-state index in [4.69, 9.17) is 4.52 Å². The summed E-state index contributed by atoms with van der Waals surface area (Å²) in [6.07, 6.45) is 1.38. The molecule has 1 aromatic heterocycles. The fourth-order valence-corrected chi connectivity index (χ4v) is 1.66. The highest BCUT2D eigenvalue weighted by Gasteiger charge is 2.12. The van der Waals surface area contributed by atoms with E-state index >= 15 is 0 Å². The fourth-order valence-electron chi connectivity index (χ4n) is 1.66. The number of halogens is 1. The first-order chi connectivity index (χ1) is 8.61. The number of nitrogens with zero attached hydrogens (tertiary/aromatic N) is 1. The summed E-state index contributed by atoms with van der Waals surface area (Å²) < 4.78 is 23.1. The van der Waals surface area contributed by atoms with Crippen molar-refractivity contribution in [3.8, 4) is 11.1 Å². The predicted molar refractivity (Wildman–Crippen MR) is 62.4 cm³/mol. The molecule has 94 valence electrons. The number of benzene rings is 1. The van der Waals surface area contributed by atoms with Gasteiger partial charge in [-0.05, 0) is 24.1 Å². The van der Waals surface area contributed by atoms with Gasteiger partial charge in [0.15, 0.2) is 0 Å². The lowest BCUT2D eigenvalue weighted by Gasteiger charge is -2.04. The molecule has 0 bridgehead atoms. The molecule has 0 aliphatic carbocycles. The topological polar surface area (TPSA) is 52.3 Å². The van der Waals surface area contributed by atoms with Crippen LogP contribution in [0.1, 0.15) is 11.3 Å². The number of aromatic nitrogens is 1. The Labute approximate surface area is 103 Å². The van der Waals surface area contributed by atoms with Gasteiger partial charge in [0.25, 0.3) is 0 Å². The Morgan fingerprint density at radius 2 is 2.28 bits per heavy atom. The van der Waals surface area contributed by atoms with Crippen molar-refractivity contribution in [3.63, 3.8) is 0 Å². The van der Waals surface area contributed by atoms with E-state index in [9.17, 15) is 9.18 Å². The lowest BCUT2D eigenvalue weighted by atomic mass is 10.0. The molecule has 1 aromatic carbocycles. The van der Waals surface area contributed by atoms with Crippen molar-refractivity contribution in [2.45, 2.75) is 13.3 Å². The molecule has 0 N–H and O–H groups in total. The molecule has 2 aromatic rings. The zero-order valence-corrected chi connectivity index (χ0v) is 10.1. The van der Waals surface area contributed by atoms with E-state index in [0.29, 0.717) is 16.8 Å². The standard InChI is InChI=1S/C13H12FNO3/c1-8-11(7-18-15-8)9-3-4-10(12(14)5-9)6-13(16)17-2/h3-5,7H,6H2,1-2H3. The van der Waals surface area contributed by atoms with Crippen LogP contribution in [0, 0.1) is 12.7 Å². The number of rotatable bonds is 3. The summed E-state index contributed by atoms with van der Waals surface area (Å²) >= 11 is 0. The molecule has 1 heterocycles. The Bertz CT molecular complexity index is 577. The number of aryl methyl sites for hydroxylation is 1. The first-order valence-electron chi connectivity index (χ1n) is 5.38. The quantitative estimate of drug-likeness (QED) is 0.784. The average molecular weight is 249 g/mol. The normalized spacial score (nSPS) is 10.4. The lowest BCUT2D eigenvalue weighted by molar-refractivity contribution is -0.139. The minimum absolute atomic E-state index is 0.0781. The predicted octanol–water partition coefficient (Wildman–Crippen LogP) is 2.50. The number of methoxy groups -OCH3 is 1. The molecule has 0 unspecified atom stereocenters. The molecule has 0 spiro atoms. The molecular formula is C13H12FNO3. The highest BCUT2D eigenvalue weighted by atomic mass is 19.1. The molecule has 18 heavy (non-hydrogen) atoms. The van der Waals surface area contributed by atoms with Crippen molar-refractivity contribution < 1.29 is 18.4 Å². The third-order valence-corrected chi connectivity index (χ3v) is 2.68. The van der Waals surface area contributed by atoms with Gasteiger partial charge in [0.05, 0.1) is 19.2 Å². The van der Waals surface area contributed by atoms with Crippen molar-refractivity contribution in [3.05, 3.63) is 41.5 Å². The van der Waals surface area contributed by atoms with Crippen LogP contribution < -0.4 is 0 Å². The van der Waals surface area contributed by atoms with Crippen LogP contribution in [0.2, 0.25) is 0 Å². The first kappa shape index (κ1) is 12.3. The molecule has 5 heteroatoms. The van der Waals surface area contributed by atoms with Gasteiger partial charge in [0.2, 0.25) is 0 Å². The minimum atomic E-state index is -0.470. The zero-order chi connectivity index (χ0) is 13.1. The number of hydrogen-bond acceptors (Lipinski definition) is 4. The molecule has 0 radical (unpaired) electrons. The van der Waals surface area contributed by atoms with Gasteiger partial charge in [-0.1, -0.05) is 17.3 Å². The van der Waals surface area contributed by atoms with Crippen LogP contribution in [0.3, 0.4) is 0 Å². The number of ether oxygens (including phenoxy) is 1. The largest absolute Gasteiger partial charge is 0.469 e. The maximum Gasteiger partial charge on any atom is 0.310 e. The van der Waals surface area contributed by atoms with Gasteiger partial charge in [0, 0.05) is 5.56 Å². The van der Waals surface area contributed by atoms with E-state index in [0.717, 1.165) is 5.56 Å². The second-order valence-corrected chi connectivity index (χ2v) is 3.87. The first-order valence-corrected chi connectivity index (χ1v) is 5.38. The second kappa shape index (κ2) is 5.00. The Kier molecular flexibility index (Phi) is 3.41. The molecule has 0 saturated carbocycles. The minimum Gasteiger partial charge on any atom is -0.469 e. The van der Waals surface area contributed by atoms with Crippen molar-refractivity contribution in [2.75, 3.05) is 7.11 Å². The molecule has 0 aliphatic rings. The van der Waals surface area contributed by atoms with Crippen molar-refractivity contribution in [1.29, 1.82) is 0 Å². The smallest absolute Gasteiger partial charge is 0.310 e. The van der Waals surface area contributed by atoms with E-state index in [2.05, 4.69) is 9.89 Å². The summed E-state index contributed by atoms with van der Waals surface area (Å²) in [6.45, 7) is 1.78. The molecular weight excluding hydrogens is 237 g/mol. The van der Waals surface area contributed by atoms with Crippen LogP contribution in [0.4, 0.5) is 4.39 Å². The highest BCUT2D eigenvalue weighted by Crippen LogP contribution is 2.24. The van der Waals surface area contributed by atoms with Crippen LogP contribution in [0.15, 0.2) is 29.0 Å². The van der Waals surface area contributed by atoms with Crippen LogP contribution >= 0.6 is 0 Å². The summed E-state index contributed by atoms with van der Waals surface area (Å²) in [5.41, 5.74) is 2.40. The fraction of sp³-hybridized carbons (Fsp3) is 0.231. The third kappa shape index (κ3) is 2.40. The van der Waals surface area contributed by atoms with Crippen LogP contribution in [0.5, 0.6) is 0 Å². The van der Waals surface area contributed by atoms with Crippen molar-refractivity contribution in [1.82, 2.24) is 5.16 Å².